The van der Waals surface area contributed by atoms with Gasteiger partial charge in [0.05, 0.1) is 12.0 Å². The van der Waals surface area contributed by atoms with Crippen molar-refractivity contribution in [1.82, 2.24) is 10.6 Å². The number of rotatable bonds is 4. The summed E-state index contributed by atoms with van der Waals surface area (Å²) in [5.41, 5.74) is -0.550. The van der Waals surface area contributed by atoms with Crippen LogP contribution in [0.2, 0.25) is 0 Å². The molecule has 1 fully saturated rings. The molecule has 2 atom stereocenters. The first-order valence-electron chi connectivity index (χ1n) is 7.42. The molecule has 0 aliphatic carbocycles. The zero-order chi connectivity index (χ0) is 16.3. The second-order valence-corrected chi connectivity index (χ2v) is 7.43. The summed E-state index contributed by atoms with van der Waals surface area (Å²) in [6, 6.07) is -0.666. The number of carbonyl (C=O) groups excluding carboxylic acids is 1. The average molecular weight is 300 g/mol. The maximum absolute atomic E-state index is 12.1. The van der Waals surface area contributed by atoms with Gasteiger partial charge in [-0.25, -0.2) is 4.79 Å². The number of nitrogens with one attached hydrogen (secondary N) is 2. The summed E-state index contributed by atoms with van der Waals surface area (Å²) in [6.45, 7) is 10.4. The minimum absolute atomic E-state index is 0.0548. The number of carbonyl (C=O) groups is 2. The number of carboxylic acids is 1. The number of hydrogen-bond acceptors (Lipinski definition) is 3. The van der Waals surface area contributed by atoms with E-state index in [2.05, 4.69) is 10.6 Å². The van der Waals surface area contributed by atoms with Gasteiger partial charge in [0.2, 0.25) is 0 Å². The van der Waals surface area contributed by atoms with Crippen LogP contribution in [0.5, 0.6) is 0 Å². The molecule has 0 radical (unpaired) electrons. The van der Waals surface area contributed by atoms with Gasteiger partial charge in [-0.05, 0) is 32.1 Å². The van der Waals surface area contributed by atoms with Gasteiger partial charge in [0.15, 0.2) is 0 Å². The lowest BCUT2D eigenvalue weighted by Crippen LogP contribution is -2.53. The molecule has 1 heterocycles. The maximum Gasteiger partial charge on any atom is 0.315 e. The molecule has 2 amide bonds. The Morgan fingerprint density at radius 3 is 2.48 bits per heavy atom. The van der Waals surface area contributed by atoms with Crippen molar-refractivity contribution in [2.45, 2.75) is 71.6 Å². The Morgan fingerprint density at radius 2 is 2.00 bits per heavy atom. The molecule has 0 aromatic carbocycles. The van der Waals surface area contributed by atoms with E-state index in [1.807, 2.05) is 34.6 Å². The summed E-state index contributed by atoms with van der Waals surface area (Å²) in [6.07, 6.45) is 1.44. The largest absolute Gasteiger partial charge is 0.481 e. The van der Waals surface area contributed by atoms with Crippen molar-refractivity contribution < 1.29 is 19.4 Å². The highest BCUT2D eigenvalue weighted by Crippen LogP contribution is 2.24. The van der Waals surface area contributed by atoms with Crippen LogP contribution in [0.3, 0.4) is 0 Å². The molecule has 21 heavy (non-hydrogen) atoms. The first-order valence-corrected chi connectivity index (χ1v) is 7.42. The number of hydrogen-bond donors (Lipinski definition) is 3. The number of aliphatic carboxylic acids is 1. The predicted octanol–water partition coefficient (Wildman–Crippen LogP) is 2.13. The SMILES string of the molecule is CC1(C)CC(NC(=O)NC(CC(=O)O)C(C)(C)C)CCO1. The van der Waals surface area contributed by atoms with Crippen LogP contribution in [0.25, 0.3) is 0 Å². The third-order valence-electron chi connectivity index (χ3n) is 3.76. The van der Waals surface area contributed by atoms with E-state index >= 15 is 0 Å². The van der Waals surface area contributed by atoms with Crippen LogP contribution in [-0.4, -0.2) is 41.4 Å². The Kier molecular flexibility index (Phi) is 5.61. The van der Waals surface area contributed by atoms with Gasteiger partial charge in [-0.1, -0.05) is 20.8 Å². The van der Waals surface area contributed by atoms with Crippen molar-refractivity contribution in [3.05, 3.63) is 0 Å². The summed E-state index contributed by atoms with van der Waals surface area (Å²) < 4.78 is 5.62. The van der Waals surface area contributed by atoms with Crippen LogP contribution in [0.4, 0.5) is 4.79 Å². The van der Waals surface area contributed by atoms with E-state index in [4.69, 9.17) is 9.84 Å². The van der Waals surface area contributed by atoms with Crippen molar-refractivity contribution in [3.8, 4) is 0 Å². The fourth-order valence-electron chi connectivity index (χ4n) is 2.49. The van der Waals surface area contributed by atoms with Gasteiger partial charge in [-0.15, -0.1) is 0 Å². The van der Waals surface area contributed by atoms with Crippen LogP contribution < -0.4 is 10.6 Å². The van der Waals surface area contributed by atoms with Crippen molar-refractivity contribution in [3.63, 3.8) is 0 Å². The van der Waals surface area contributed by atoms with Gasteiger partial charge in [0.25, 0.3) is 0 Å². The normalized spacial score (nSPS) is 23.2. The first-order chi connectivity index (χ1) is 9.49. The quantitative estimate of drug-likeness (QED) is 0.742. The second-order valence-electron chi connectivity index (χ2n) is 7.43. The van der Waals surface area contributed by atoms with E-state index in [1.54, 1.807) is 0 Å². The fraction of sp³-hybridized carbons (Fsp3) is 0.867. The highest BCUT2D eigenvalue weighted by molar-refractivity contribution is 5.76. The molecule has 0 bridgehead atoms. The van der Waals surface area contributed by atoms with Gasteiger partial charge < -0.3 is 20.5 Å². The number of urea groups is 1. The lowest BCUT2D eigenvalue weighted by molar-refractivity contribution is -0.138. The minimum atomic E-state index is -0.914. The average Bonchev–Trinajstić information content (AvgIpc) is 2.24. The van der Waals surface area contributed by atoms with Crippen molar-refractivity contribution >= 4 is 12.0 Å². The van der Waals surface area contributed by atoms with E-state index in [0.717, 1.165) is 12.8 Å². The lowest BCUT2D eigenvalue weighted by atomic mass is 9.85. The molecule has 0 spiro atoms. The van der Waals surface area contributed by atoms with Crippen molar-refractivity contribution in [2.75, 3.05) is 6.61 Å². The van der Waals surface area contributed by atoms with Crippen molar-refractivity contribution in [1.29, 1.82) is 0 Å². The highest BCUT2D eigenvalue weighted by Gasteiger charge is 2.32. The first kappa shape index (κ1) is 17.8. The van der Waals surface area contributed by atoms with Gasteiger partial charge in [0.1, 0.15) is 0 Å². The standard InChI is InChI=1S/C15H28N2O4/c1-14(2,3)11(8-12(18)19)17-13(20)16-10-6-7-21-15(4,5)9-10/h10-11H,6-9H2,1-5H3,(H,18,19)(H2,16,17,20). The van der Waals surface area contributed by atoms with Crippen LogP contribution in [0.15, 0.2) is 0 Å². The third-order valence-corrected chi connectivity index (χ3v) is 3.76. The van der Waals surface area contributed by atoms with Gasteiger partial charge in [0, 0.05) is 18.7 Å². The molecule has 0 aromatic rings. The number of carboxylic acid groups (broad SMARTS) is 1. The van der Waals surface area contributed by atoms with Crippen LogP contribution in [0, 0.1) is 5.41 Å². The summed E-state index contributed by atoms with van der Waals surface area (Å²) >= 11 is 0. The van der Waals surface area contributed by atoms with E-state index < -0.39 is 12.0 Å². The van der Waals surface area contributed by atoms with E-state index in [9.17, 15) is 9.59 Å². The second kappa shape index (κ2) is 6.64. The Hall–Kier alpha value is -1.30. The molecule has 0 aromatic heterocycles. The zero-order valence-corrected chi connectivity index (χ0v) is 13.7. The number of amides is 2. The maximum atomic E-state index is 12.1. The van der Waals surface area contributed by atoms with Crippen molar-refractivity contribution in [2.24, 2.45) is 5.41 Å². The molecule has 0 saturated carbocycles. The topological polar surface area (TPSA) is 87.7 Å². The number of ether oxygens (including phenoxy) is 1. The van der Waals surface area contributed by atoms with Crippen LogP contribution in [0.1, 0.15) is 53.9 Å². The monoisotopic (exact) mass is 300 g/mol. The lowest BCUT2D eigenvalue weighted by Gasteiger charge is -2.36. The van der Waals surface area contributed by atoms with E-state index in [-0.39, 0.29) is 29.5 Å². The van der Waals surface area contributed by atoms with Gasteiger partial charge >= 0.3 is 12.0 Å². The molecule has 1 rings (SSSR count). The fourth-order valence-corrected chi connectivity index (χ4v) is 2.49. The summed E-state index contributed by atoms with van der Waals surface area (Å²) in [5.74, 6) is -0.914. The molecule has 2 unspecified atom stereocenters. The molecule has 1 aliphatic rings. The Labute approximate surface area is 126 Å². The van der Waals surface area contributed by atoms with Crippen LogP contribution >= 0.6 is 0 Å². The van der Waals surface area contributed by atoms with Gasteiger partial charge in [-0.3, -0.25) is 4.79 Å². The molecule has 6 nitrogen and oxygen atoms in total. The van der Waals surface area contributed by atoms with E-state index in [1.165, 1.54) is 0 Å². The Bertz CT molecular complexity index is 388. The van der Waals surface area contributed by atoms with E-state index in [0.29, 0.717) is 6.61 Å². The molecule has 3 N–H and O–H groups in total. The Morgan fingerprint density at radius 1 is 1.38 bits per heavy atom. The minimum Gasteiger partial charge on any atom is -0.481 e. The molecular formula is C15H28N2O4. The van der Waals surface area contributed by atoms with Gasteiger partial charge in [-0.2, -0.15) is 0 Å². The third kappa shape index (κ3) is 6.33. The molecule has 122 valence electrons. The molecule has 1 aliphatic heterocycles. The summed E-state index contributed by atoms with van der Waals surface area (Å²) in [5, 5.41) is 14.7. The van der Waals surface area contributed by atoms with Crippen LogP contribution in [-0.2, 0) is 9.53 Å². The predicted molar refractivity (Wildman–Crippen MR) is 80.2 cm³/mol. The molecule has 6 heteroatoms. The Balaban J connectivity index is 2.56. The smallest absolute Gasteiger partial charge is 0.315 e. The molecule has 1 saturated heterocycles. The highest BCUT2D eigenvalue weighted by atomic mass is 16.5. The molecular weight excluding hydrogens is 272 g/mol. The summed E-state index contributed by atoms with van der Waals surface area (Å²) in [7, 11) is 0. The zero-order valence-electron chi connectivity index (χ0n) is 13.7. The summed E-state index contributed by atoms with van der Waals surface area (Å²) in [4.78, 5) is 23.0.